The lowest BCUT2D eigenvalue weighted by Crippen LogP contribution is -2.13. The fourth-order valence-corrected chi connectivity index (χ4v) is 0.771. The smallest absolute Gasteiger partial charge is 0.135 e. The molecule has 0 radical (unpaired) electrons. The maximum absolute atomic E-state index is 5.37. The van der Waals surface area contributed by atoms with E-state index < -0.39 is 0 Å². The van der Waals surface area contributed by atoms with Crippen LogP contribution in [-0.4, -0.2) is 38.3 Å². The summed E-state index contributed by atoms with van der Waals surface area (Å²) in [6.07, 6.45) is 0.397. The van der Waals surface area contributed by atoms with Crippen LogP contribution in [0.1, 0.15) is 0 Å². The zero-order chi connectivity index (χ0) is 6.97. The van der Waals surface area contributed by atoms with Gasteiger partial charge in [-0.3, -0.25) is 0 Å². The molecule has 10 heavy (non-hydrogen) atoms. The average Bonchev–Trinajstić information content (AvgIpc) is 2.73. The molecule has 0 amide bonds. The van der Waals surface area contributed by atoms with Crippen molar-refractivity contribution in [3.05, 3.63) is 0 Å². The molecule has 2 aliphatic rings. The van der Waals surface area contributed by atoms with E-state index in [0.29, 0.717) is 19.3 Å². The van der Waals surface area contributed by atoms with Crippen molar-refractivity contribution < 1.29 is 14.2 Å². The molecule has 3 atom stereocenters. The first kappa shape index (κ1) is 6.54. The van der Waals surface area contributed by atoms with Crippen molar-refractivity contribution in [1.82, 2.24) is 0 Å². The summed E-state index contributed by atoms with van der Waals surface area (Å²) in [6, 6.07) is 0. The van der Waals surface area contributed by atoms with Gasteiger partial charge in [0.2, 0.25) is 0 Å². The third-order valence-electron chi connectivity index (χ3n) is 1.61. The maximum Gasteiger partial charge on any atom is 0.135 e. The first-order valence-electron chi connectivity index (χ1n) is 3.46. The van der Waals surface area contributed by atoms with Gasteiger partial charge in [0, 0.05) is 0 Å². The molecule has 2 heterocycles. The Hall–Kier alpha value is -0.160. The van der Waals surface area contributed by atoms with Crippen LogP contribution in [0, 0.1) is 0 Å². The summed E-state index contributed by atoms with van der Waals surface area (Å²) in [7, 11) is 0. The summed E-state index contributed by atoms with van der Waals surface area (Å²) in [5.74, 6) is 0. The Morgan fingerprint density at radius 2 is 2.20 bits per heavy atom. The summed E-state index contributed by atoms with van der Waals surface area (Å²) in [5.41, 5.74) is 5.37. The molecule has 0 bridgehead atoms. The first-order valence-corrected chi connectivity index (χ1v) is 3.46. The van der Waals surface area contributed by atoms with Crippen molar-refractivity contribution in [3.63, 3.8) is 0 Å². The van der Waals surface area contributed by atoms with E-state index in [1.54, 1.807) is 0 Å². The number of hydrogen-bond donors (Lipinski definition) is 1. The van der Waals surface area contributed by atoms with Crippen molar-refractivity contribution in [2.75, 3.05) is 19.8 Å². The van der Waals surface area contributed by atoms with Crippen LogP contribution in [0.25, 0.3) is 0 Å². The molecule has 2 N–H and O–H groups in total. The fraction of sp³-hybridized carbons (Fsp3) is 1.00. The molecule has 4 nitrogen and oxygen atoms in total. The normalized spacial score (nSPS) is 43.5. The van der Waals surface area contributed by atoms with Gasteiger partial charge >= 0.3 is 0 Å². The van der Waals surface area contributed by atoms with Crippen molar-refractivity contribution in [2.45, 2.75) is 18.4 Å². The largest absolute Gasteiger partial charge is 0.376 e. The topological polar surface area (TPSA) is 60.3 Å². The maximum atomic E-state index is 5.37. The van der Waals surface area contributed by atoms with Crippen molar-refractivity contribution in [1.29, 1.82) is 0 Å². The predicted molar refractivity (Wildman–Crippen MR) is 33.4 cm³/mol. The molecular weight excluding hydrogens is 134 g/mol. The highest BCUT2D eigenvalue weighted by Crippen LogP contribution is 2.17. The van der Waals surface area contributed by atoms with Gasteiger partial charge in [-0.2, -0.15) is 0 Å². The fourth-order valence-electron chi connectivity index (χ4n) is 0.771. The van der Waals surface area contributed by atoms with Crippen LogP contribution in [0.15, 0.2) is 0 Å². The molecule has 58 valence electrons. The van der Waals surface area contributed by atoms with Gasteiger partial charge < -0.3 is 19.9 Å². The van der Waals surface area contributed by atoms with Crippen LogP contribution in [0.5, 0.6) is 0 Å². The molecule has 4 heteroatoms. The highest BCUT2D eigenvalue weighted by atomic mass is 16.6. The Labute approximate surface area is 59.2 Å². The zero-order valence-corrected chi connectivity index (χ0v) is 5.66. The number of ether oxygens (including phenoxy) is 3. The van der Waals surface area contributed by atoms with Gasteiger partial charge in [0.1, 0.15) is 18.4 Å². The molecule has 2 fully saturated rings. The number of hydrogen-bond acceptors (Lipinski definition) is 4. The Kier molecular flexibility index (Phi) is 1.61. The van der Waals surface area contributed by atoms with Gasteiger partial charge in [-0.25, -0.2) is 0 Å². The summed E-state index contributed by atoms with van der Waals surface area (Å²) in [5, 5.41) is 0. The van der Waals surface area contributed by atoms with Crippen LogP contribution in [0.4, 0.5) is 0 Å². The summed E-state index contributed by atoms with van der Waals surface area (Å²) < 4.78 is 15.1. The molecule has 2 aliphatic heterocycles. The Bertz CT molecular complexity index is 126. The lowest BCUT2D eigenvalue weighted by Gasteiger charge is -1.95. The lowest BCUT2D eigenvalue weighted by atomic mass is 10.4. The first-order chi connectivity index (χ1) is 4.86. The molecule has 2 saturated heterocycles. The van der Waals surface area contributed by atoms with Gasteiger partial charge in [0.05, 0.1) is 19.8 Å². The average molecular weight is 145 g/mol. The quantitative estimate of drug-likeness (QED) is 0.520. The Balaban J connectivity index is 1.48. The van der Waals surface area contributed by atoms with Crippen LogP contribution in [0.3, 0.4) is 0 Å². The second-order valence-corrected chi connectivity index (χ2v) is 2.63. The molecule has 0 aromatic heterocycles. The Morgan fingerprint density at radius 3 is 2.70 bits per heavy atom. The third-order valence-corrected chi connectivity index (χ3v) is 1.61. The molecule has 2 rings (SSSR count). The van der Waals surface area contributed by atoms with Gasteiger partial charge in [0.25, 0.3) is 0 Å². The minimum absolute atomic E-state index is 0.0832. The molecule has 0 saturated carbocycles. The van der Waals surface area contributed by atoms with E-state index in [4.69, 9.17) is 19.9 Å². The molecule has 0 aromatic carbocycles. The molecule has 0 spiro atoms. The van der Waals surface area contributed by atoms with Crippen molar-refractivity contribution in [2.24, 2.45) is 5.73 Å². The van der Waals surface area contributed by atoms with E-state index in [0.717, 1.165) is 6.61 Å². The highest BCUT2D eigenvalue weighted by Gasteiger charge is 2.35. The number of rotatable bonds is 4. The van der Waals surface area contributed by atoms with E-state index in [1.807, 2.05) is 0 Å². The zero-order valence-electron chi connectivity index (χ0n) is 5.66. The predicted octanol–water partition coefficient (Wildman–Crippen LogP) is -0.915. The SMILES string of the molecule is NC1OC1COCC1CO1. The lowest BCUT2D eigenvalue weighted by molar-refractivity contribution is 0.102. The Morgan fingerprint density at radius 1 is 1.50 bits per heavy atom. The highest BCUT2D eigenvalue weighted by molar-refractivity contribution is 4.79. The number of nitrogens with two attached hydrogens (primary N) is 1. The van der Waals surface area contributed by atoms with Crippen molar-refractivity contribution >= 4 is 0 Å². The summed E-state index contributed by atoms with van der Waals surface area (Å²) >= 11 is 0. The van der Waals surface area contributed by atoms with Crippen LogP contribution in [0.2, 0.25) is 0 Å². The second kappa shape index (κ2) is 2.47. The summed E-state index contributed by atoms with van der Waals surface area (Å²) in [4.78, 5) is 0. The van der Waals surface area contributed by atoms with Crippen LogP contribution >= 0.6 is 0 Å². The molecule has 3 unspecified atom stereocenters. The monoisotopic (exact) mass is 145 g/mol. The third kappa shape index (κ3) is 1.67. The molecule has 0 aliphatic carbocycles. The van der Waals surface area contributed by atoms with Gasteiger partial charge in [-0.05, 0) is 0 Å². The van der Waals surface area contributed by atoms with E-state index >= 15 is 0 Å². The minimum atomic E-state index is -0.0832. The van der Waals surface area contributed by atoms with Crippen LogP contribution < -0.4 is 5.73 Å². The van der Waals surface area contributed by atoms with Gasteiger partial charge in [0.15, 0.2) is 0 Å². The number of epoxide rings is 2. The van der Waals surface area contributed by atoms with E-state index in [1.165, 1.54) is 0 Å². The van der Waals surface area contributed by atoms with Crippen LogP contribution in [-0.2, 0) is 14.2 Å². The van der Waals surface area contributed by atoms with Gasteiger partial charge in [-0.15, -0.1) is 0 Å². The minimum Gasteiger partial charge on any atom is -0.376 e. The van der Waals surface area contributed by atoms with E-state index in [-0.39, 0.29) is 12.3 Å². The van der Waals surface area contributed by atoms with Crippen molar-refractivity contribution in [3.8, 4) is 0 Å². The second-order valence-electron chi connectivity index (χ2n) is 2.63. The van der Waals surface area contributed by atoms with Gasteiger partial charge in [-0.1, -0.05) is 0 Å². The van der Waals surface area contributed by atoms with E-state index in [2.05, 4.69) is 0 Å². The van der Waals surface area contributed by atoms with E-state index in [9.17, 15) is 0 Å². The standard InChI is InChI=1S/C6H11NO3/c7-6-5(10-6)3-8-1-4-2-9-4/h4-6H,1-3,7H2. The molecule has 0 aromatic rings. The summed E-state index contributed by atoms with van der Waals surface area (Å²) in [6.45, 7) is 2.14. The molecular formula is C6H11NO3.